The maximum atomic E-state index is 12.9. The molecule has 1 fully saturated rings. The van der Waals surface area contributed by atoms with Gasteiger partial charge in [0.05, 0.1) is 5.56 Å². The summed E-state index contributed by atoms with van der Waals surface area (Å²) in [6.07, 6.45) is 3.03. The van der Waals surface area contributed by atoms with Crippen LogP contribution < -0.4 is 5.32 Å². The van der Waals surface area contributed by atoms with Crippen molar-refractivity contribution in [3.63, 3.8) is 0 Å². The highest BCUT2D eigenvalue weighted by molar-refractivity contribution is 5.93. The third-order valence-electron chi connectivity index (χ3n) is 3.79. The van der Waals surface area contributed by atoms with Crippen molar-refractivity contribution in [2.75, 3.05) is 38.5 Å². The van der Waals surface area contributed by atoms with E-state index in [0.29, 0.717) is 30.3 Å². The topological polar surface area (TPSA) is 61.4 Å². The summed E-state index contributed by atoms with van der Waals surface area (Å²) in [4.78, 5) is 24.7. The summed E-state index contributed by atoms with van der Waals surface area (Å²) in [6, 6.07) is 5.91. The van der Waals surface area contributed by atoms with Crippen LogP contribution in [-0.2, 0) is 0 Å². The first-order valence-corrected chi connectivity index (χ1v) is 7.44. The second-order valence-electron chi connectivity index (χ2n) is 5.52. The summed E-state index contributed by atoms with van der Waals surface area (Å²) in [5, 5.41) is 2.96. The fourth-order valence-electron chi connectivity index (χ4n) is 2.36. The third-order valence-corrected chi connectivity index (χ3v) is 3.79. The van der Waals surface area contributed by atoms with E-state index in [-0.39, 0.29) is 11.7 Å². The Labute approximate surface area is 134 Å². The largest absolute Gasteiger partial charge is 0.336 e. The molecule has 0 aliphatic carbocycles. The van der Waals surface area contributed by atoms with Gasteiger partial charge in [-0.05, 0) is 31.3 Å². The number of halogens is 1. The number of carbonyl (C=O) groups excluding carboxylic acids is 1. The number of hydrogen-bond donors (Lipinski definition) is 1. The lowest BCUT2D eigenvalue weighted by Gasteiger charge is -2.32. The average Bonchev–Trinajstić information content (AvgIpc) is 2.58. The van der Waals surface area contributed by atoms with Crippen molar-refractivity contribution in [3.8, 4) is 0 Å². The van der Waals surface area contributed by atoms with Gasteiger partial charge in [0.15, 0.2) is 0 Å². The van der Waals surface area contributed by atoms with Crippen LogP contribution in [0.5, 0.6) is 0 Å². The summed E-state index contributed by atoms with van der Waals surface area (Å²) in [5.41, 5.74) is 1.16. The van der Waals surface area contributed by atoms with Crippen LogP contribution in [0.4, 0.5) is 16.0 Å². The highest BCUT2D eigenvalue weighted by Crippen LogP contribution is 2.14. The van der Waals surface area contributed by atoms with E-state index >= 15 is 0 Å². The lowest BCUT2D eigenvalue weighted by molar-refractivity contribution is 0.0663. The zero-order valence-corrected chi connectivity index (χ0v) is 12.9. The molecule has 0 atom stereocenters. The molecule has 23 heavy (non-hydrogen) atoms. The Kier molecular flexibility index (Phi) is 4.47. The van der Waals surface area contributed by atoms with Crippen molar-refractivity contribution in [1.29, 1.82) is 0 Å². The van der Waals surface area contributed by atoms with E-state index in [1.807, 2.05) is 11.9 Å². The molecule has 2 aromatic rings. The van der Waals surface area contributed by atoms with Crippen molar-refractivity contribution in [2.45, 2.75) is 0 Å². The summed E-state index contributed by atoms with van der Waals surface area (Å²) in [5.74, 6) is 0.0163. The minimum atomic E-state index is -0.301. The molecule has 1 N–H and O–H groups in total. The molecule has 0 unspecified atom stereocenters. The molecule has 3 rings (SSSR count). The molecule has 0 spiro atoms. The van der Waals surface area contributed by atoms with Gasteiger partial charge in [-0.15, -0.1) is 0 Å². The zero-order valence-electron chi connectivity index (χ0n) is 12.9. The molecule has 0 saturated carbocycles. The number of piperazine rings is 1. The second-order valence-corrected chi connectivity index (χ2v) is 5.52. The second kappa shape index (κ2) is 6.70. The minimum Gasteiger partial charge on any atom is -0.336 e. The Morgan fingerprint density at radius 3 is 2.30 bits per heavy atom. The van der Waals surface area contributed by atoms with Crippen molar-refractivity contribution in [1.82, 2.24) is 19.8 Å². The molecule has 2 heterocycles. The smallest absolute Gasteiger partial charge is 0.257 e. The molecule has 7 heteroatoms. The minimum absolute atomic E-state index is 0.0496. The van der Waals surface area contributed by atoms with Crippen LogP contribution in [-0.4, -0.2) is 58.9 Å². The fraction of sp³-hybridized carbons (Fsp3) is 0.312. The normalized spacial score (nSPS) is 15.5. The van der Waals surface area contributed by atoms with Crippen molar-refractivity contribution < 1.29 is 9.18 Å². The van der Waals surface area contributed by atoms with Crippen LogP contribution in [0.25, 0.3) is 0 Å². The standard InChI is InChI=1S/C16H18FN5O/c1-21-6-8-22(9-7-21)15(23)12-10-18-16(19-11-12)20-14-4-2-13(17)3-5-14/h2-5,10-11H,6-9H2,1H3,(H,18,19,20). The number of benzene rings is 1. The van der Waals surface area contributed by atoms with E-state index in [1.165, 1.54) is 24.5 Å². The monoisotopic (exact) mass is 315 g/mol. The van der Waals surface area contributed by atoms with Gasteiger partial charge in [0, 0.05) is 44.3 Å². The summed E-state index contributed by atoms with van der Waals surface area (Å²) >= 11 is 0. The first-order chi connectivity index (χ1) is 11.1. The number of likely N-dealkylation sites (N-methyl/N-ethyl adjacent to an activating group) is 1. The van der Waals surface area contributed by atoms with Gasteiger partial charge in [0.25, 0.3) is 5.91 Å². The van der Waals surface area contributed by atoms with Crippen LogP contribution in [0.15, 0.2) is 36.7 Å². The zero-order chi connectivity index (χ0) is 16.2. The van der Waals surface area contributed by atoms with Gasteiger partial charge >= 0.3 is 0 Å². The van der Waals surface area contributed by atoms with Gasteiger partial charge in [0.1, 0.15) is 5.82 Å². The van der Waals surface area contributed by atoms with Gasteiger partial charge in [0.2, 0.25) is 5.95 Å². The quantitative estimate of drug-likeness (QED) is 0.935. The van der Waals surface area contributed by atoms with Gasteiger partial charge in [-0.2, -0.15) is 0 Å². The molecule has 1 aliphatic heterocycles. The number of anilines is 2. The number of rotatable bonds is 3. The number of hydrogen-bond acceptors (Lipinski definition) is 5. The van der Waals surface area contributed by atoms with E-state index < -0.39 is 0 Å². The van der Waals surface area contributed by atoms with Crippen LogP contribution in [0, 0.1) is 5.82 Å². The Morgan fingerprint density at radius 2 is 1.70 bits per heavy atom. The van der Waals surface area contributed by atoms with Gasteiger partial charge < -0.3 is 15.1 Å². The first-order valence-electron chi connectivity index (χ1n) is 7.44. The van der Waals surface area contributed by atoms with Gasteiger partial charge in [-0.25, -0.2) is 14.4 Å². The van der Waals surface area contributed by atoms with Crippen molar-refractivity contribution in [3.05, 3.63) is 48.0 Å². The Hall–Kier alpha value is -2.54. The molecule has 1 aromatic carbocycles. The maximum absolute atomic E-state index is 12.9. The fourth-order valence-corrected chi connectivity index (χ4v) is 2.36. The number of carbonyl (C=O) groups is 1. The van der Waals surface area contributed by atoms with Crippen LogP contribution >= 0.6 is 0 Å². The highest BCUT2D eigenvalue weighted by Gasteiger charge is 2.20. The molecule has 1 amide bonds. The van der Waals surface area contributed by atoms with Crippen LogP contribution in [0.3, 0.4) is 0 Å². The van der Waals surface area contributed by atoms with Crippen LogP contribution in [0.1, 0.15) is 10.4 Å². The third kappa shape index (κ3) is 3.81. The molecule has 6 nitrogen and oxygen atoms in total. The van der Waals surface area contributed by atoms with E-state index in [4.69, 9.17) is 0 Å². The number of nitrogens with one attached hydrogen (secondary N) is 1. The predicted octanol–water partition coefficient (Wildman–Crippen LogP) is 1.75. The first kappa shape index (κ1) is 15.4. The predicted molar refractivity (Wildman–Crippen MR) is 85.1 cm³/mol. The summed E-state index contributed by atoms with van der Waals surface area (Å²) in [7, 11) is 2.04. The number of amides is 1. The molecular formula is C16H18FN5O. The summed E-state index contributed by atoms with van der Waals surface area (Å²) < 4.78 is 12.9. The van der Waals surface area contributed by atoms with E-state index in [0.717, 1.165) is 13.1 Å². The SMILES string of the molecule is CN1CCN(C(=O)c2cnc(Nc3ccc(F)cc3)nc2)CC1. The Balaban J connectivity index is 1.64. The maximum Gasteiger partial charge on any atom is 0.257 e. The molecule has 1 aromatic heterocycles. The van der Waals surface area contributed by atoms with Crippen molar-refractivity contribution in [2.24, 2.45) is 0 Å². The highest BCUT2D eigenvalue weighted by atomic mass is 19.1. The molecule has 1 saturated heterocycles. The van der Waals surface area contributed by atoms with E-state index in [1.54, 1.807) is 12.1 Å². The van der Waals surface area contributed by atoms with E-state index in [9.17, 15) is 9.18 Å². The van der Waals surface area contributed by atoms with Gasteiger partial charge in [-0.1, -0.05) is 0 Å². The van der Waals surface area contributed by atoms with Crippen molar-refractivity contribution >= 4 is 17.5 Å². The number of nitrogens with zero attached hydrogens (tertiary/aromatic N) is 4. The lowest BCUT2D eigenvalue weighted by atomic mass is 10.2. The molecule has 0 radical (unpaired) electrons. The van der Waals surface area contributed by atoms with E-state index in [2.05, 4.69) is 20.2 Å². The Morgan fingerprint density at radius 1 is 1.09 bits per heavy atom. The summed E-state index contributed by atoms with van der Waals surface area (Å²) in [6.45, 7) is 3.17. The Bertz CT molecular complexity index is 666. The average molecular weight is 315 g/mol. The van der Waals surface area contributed by atoms with Crippen LogP contribution in [0.2, 0.25) is 0 Å². The molecule has 1 aliphatic rings. The molecular weight excluding hydrogens is 297 g/mol. The van der Waals surface area contributed by atoms with Gasteiger partial charge in [-0.3, -0.25) is 4.79 Å². The lowest BCUT2D eigenvalue weighted by Crippen LogP contribution is -2.47. The molecule has 120 valence electrons. The molecule has 0 bridgehead atoms. The number of aromatic nitrogens is 2.